The lowest BCUT2D eigenvalue weighted by Gasteiger charge is -2.27. The summed E-state index contributed by atoms with van der Waals surface area (Å²) in [5.41, 5.74) is 1.30. The average molecular weight is 498 g/mol. The van der Waals surface area contributed by atoms with Crippen LogP contribution in [0, 0.1) is 12.7 Å². The van der Waals surface area contributed by atoms with Gasteiger partial charge in [0.25, 0.3) is 0 Å². The van der Waals surface area contributed by atoms with Crippen molar-refractivity contribution in [3.05, 3.63) is 71.8 Å². The molecular formula is C28H36FN3O4. The normalized spacial score (nSPS) is 18.6. The maximum Gasteiger partial charge on any atom is 0.165 e. The van der Waals surface area contributed by atoms with E-state index in [9.17, 15) is 9.50 Å². The molecule has 3 aromatic rings. The van der Waals surface area contributed by atoms with Crippen LogP contribution in [0.5, 0.6) is 17.2 Å². The summed E-state index contributed by atoms with van der Waals surface area (Å²) in [6.45, 7) is 5.84. The highest BCUT2D eigenvalue weighted by Crippen LogP contribution is 2.30. The maximum absolute atomic E-state index is 13.9. The SMILES string of the molecule is COc1cc(CN2CCC[C@@](O)(COc3ccccc3F)CC2)ccc1OCCCn1cc(C)cn1. The van der Waals surface area contributed by atoms with Gasteiger partial charge in [-0.05, 0) is 68.1 Å². The Labute approximate surface area is 212 Å². The molecule has 0 bridgehead atoms. The third-order valence-electron chi connectivity index (χ3n) is 6.53. The number of benzene rings is 2. The first-order valence-electron chi connectivity index (χ1n) is 12.5. The van der Waals surface area contributed by atoms with Crippen LogP contribution in [0.15, 0.2) is 54.9 Å². The van der Waals surface area contributed by atoms with Gasteiger partial charge in [-0.25, -0.2) is 4.39 Å². The summed E-state index contributed by atoms with van der Waals surface area (Å²) in [7, 11) is 1.65. The monoisotopic (exact) mass is 497 g/mol. The van der Waals surface area contributed by atoms with Gasteiger partial charge in [-0.15, -0.1) is 0 Å². The second kappa shape index (κ2) is 12.2. The van der Waals surface area contributed by atoms with Crippen LogP contribution < -0.4 is 14.2 Å². The summed E-state index contributed by atoms with van der Waals surface area (Å²) >= 11 is 0. The Hall–Kier alpha value is -3.10. The first kappa shape index (κ1) is 26.0. The van der Waals surface area contributed by atoms with E-state index < -0.39 is 11.4 Å². The molecule has 4 rings (SSSR count). The van der Waals surface area contributed by atoms with Gasteiger partial charge in [0.15, 0.2) is 23.1 Å². The Morgan fingerprint density at radius 2 is 1.92 bits per heavy atom. The molecule has 1 aromatic heterocycles. The van der Waals surface area contributed by atoms with Crippen LogP contribution in [0.25, 0.3) is 0 Å². The molecule has 1 fully saturated rings. The molecule has 1 N–H and O–H groups in total. The molecule has 0 spiro atoms. The van der Waals surface area contributed by atoms with Gasteiger partial charge in [-0.1, -0.05) is 18.2 Å². The van der Waals surface area contributed by atoms with Crippen LogP contribution in [0.2, 0.25) is 0 Å². The Balaban J connectivity index is 1.26. The molecule has 1 aliphatic rings. The Kier molecular flexibility index (Phi) is 8.83. The van der Waals surface area contributed by atoms with E-state index in [1.165, 1.54) is 6.07 Å². The number of rotatable bonds is 11. The summed E-state index contributed by atoms with van der Waals surface area (Å²) in [6.07, 6.45) is 6.75. The Bertz CT molecular complexity index is 1120. The zero-order valence-electron chi connectivity index (χ0n) is 21.2. The van der Waals surface area contributed by atoms with Crippen molar-refractivity contribution < 1.29 is 23.7 Å². The number of hydrogen-bond donors (Lipinski definition) is 1. The number of methoxy groups -OCH3 is 1. The Morgan fingerprint density at radius 3 is 2.69 bits per heavy atom. The minimum Gasteiger partial charge on any atom is -0.493 e. The molecule has 1 saturated heterocycles. The van der Waals surface area contributed by atoms with Gasteiger partial charge in [0, 0.05) is 32.3 Å². The predicted molar refractivity (Wildman–Crippen MR) is 136 cm³/mol. The lowest BCUT2D eigenvalue weighted by molar-refractivity contribution is -0.0177. The minimum atomic E-state index is -0.971. The van der Waals surface area contributed by atoms with E-state index in [-0.39, 0.29) is 12.4 Å². The van der Waals surface area contributed by atoms with Crippen molar-refractivity contribution in [2.45, 2.75) is 51.3 Å². The number of hydrogen-bond acceptors (Lipinski definition) is 6. The van der Waals surface area contributed by atoms with Crippen molar-refractivity contribution in [2.24, 2.45) is 0 Å². The summed E-state index contributed by atoms with van der Waals surface area (Å²) in [5, 5.41) is 15.4. The van der Waals surface area contributed by atoms with Crippen LogP contribution in [0.3, 0.4) is 0 Å². The first-order chi connectivity index (χ1) is 17.4. The first-order valence-corrected chi connectivity index (χ1v) is 12.5. The van der Waals surface area contributed by atoms with Crippen LogP contribution in [-0.4, -0.2) is 58.8 Å². The lowest BCUT2D eigenvalue weighted by Crippen LogP contribution is -2.37. The van der Waals surface area contributed by atoms with Gasteiger partial charge in [-0.2, -0.15) is 5.10 Å². The zero-order chi connectivity index (χ0) is 25.4. The summed E-state index contributed by atoms with van der Waals surface area (Å²) in [6, 6.07) is 12.3. The molecule has 7 nitrogen and oxygen atoms in total. The van der Waals surface area contributed by atoms with Gasteiger partial charge in [0.05, 0.1) is 25.5 Å². The van der Waals surface area contributed by atoms with Gasteiger partial charge in [0.2, 0.25) is 0 Å². The molecular weight excluding hydrogens is 461 g/mol. The summed E-state index contributed by atoms with van der Waals surface area (Å²) in [4.78, 5) is 2.32. The number of likely N-dealkylation sites (tertiary alicyclic amines) is 1. The number of aliphatic hydroxyl groups is 1. The summed E-state index contributed by atoms with van der Waals surface area (Å²) in [5.74, 6) is 1.21. The minimum absolute atomic E-state index is 0.0850. The van der Waals surface area contributed by atoms with E-state index in [1.807, 2.05) is 36.1 Å². The molecule has 0 saturated carbocycles. The van der Waals surface area contributed by atoms with E-state index >= 15 is 0 Å². The highest BCUT2D eigenvalue weighted by molar-refractivity contribution is 5.43. The van der Waals surface area contributed by atoms with Gasteiger partial charge >= 0.3 is 0 Å². The fourth-order valence-electron chi connectivity index (χ4n) is 4.50. The molecule has 1 atom stereocenters. The number of ether oxygens (including phenoxy) is 3. The quantitative estimate of drug-likeness (QED) is 0.391. The van der Waals surface area contributed by atoms with Crippen molar-refractivity contribution in [1.82, 2.24) is 14.7 Å². The van der Waals surface area contributed by atoms with Crippen molar-refractivity contribution in [3.8, 4) is 17.2 Å². The number of aromatic nitrogens is 2. The number of para-hydroxylation sites is 1. The smallest absolute Gasteiger partial charge is 0.165 e. The van der Waals surface area contributed by atoms with E-state index in [0.717, 1.165) is 55.9 Å². The molecule has 2 heterocycles. The van der Waals surface area contributed by atoms with Crippen LogP contribution in [0.1, 0.15) is 36.8 Å². The molecule has 2 aromatic carbocycles. The largest absolute Gasteiger partial charge is 0.493 e. The second-order valence-electron chi connectivity index (χ2n) is 9.54. The van der Waals surface area contributed by atoms with Crippen LogP contribution in [-0.2, 0) is 13.1 Å². The predicted octanol–water partition coefficient (Wildman–Crippen LogP) is 4.60. The van der Waals surface area contributed by atoms with Crippen LogP contribution >= 0.6 is 0 Å². The zero-order valence-corrected chi connectivity index (χ0v) is 21.2. The second-order valence-corrected chi connectivity index (χ2v) is 9.54. The highest BCUT2D eigenvalue weighted by Gasteiger charge is 2.31. The third-order valence-corrected chi connectivity index (χ3v) is 6.53. The molecule has 194 valence electrons. The molecule has 0 amide bonds. The molecule has 0 unspecified atom stereocenters. The molecule has 36 heavy (non-hydrogen) atoms. The van der Waals surface area contributed by atoms with Crippen LogP contribution in [0.4, 0.5) is 4.39 Å². The van der Waals surface area contributed by atoms with E-state index in [0.29, 0.717) is 25.2 Å². The maximum atomic E-state index is 13.9. The number of aryl methyl sites for hydroxylation is 2. The highest BCUT2D eigenvalue weighted by atomic mass is 19.1. The average Bonchev–Trinajstić information content (AvgIpc) is 3.20. The van der Waals surface area contributed by atoms with Gasteiger partial charge in [0.1, 0.15) is 6.61 Å². The molecule has 0 aliphatic carbocycles. The summed E-state index contributed by atoms with van der Waals surface area (Å²) < 4.78 is 33.0. The van der Waals surface area contributed by atoms with Crippen molar-refractivity contribution >= 4 is 0 Å². The fourth-order valence-corrected chi connectivity index (χ4v) is 4.50. The van der Waals surface area contributed by atoms with Crippen molar-refractivity contribution in [1.29, 1.82) is 0 Å². The fraction of sp³-hybridized carbons (Fsp3) is 0.464. The van der Waals surface area contributed by atoms with Crippen molar-refractivity contribution in [3.63, 3.8) is 0 Å². The number of nitrogens with zero attached hydrogens (tertiary/aromatic N) is 3. The molecule has 0 radical (unpaired) electrons. The molecule has 1 aliphatic heterocycles. The topological polar surface area (TPSA) is 69.0 Å². The molecule has 8 heteroatoms. The third kappa shape index (κ3) is 7.21. The van der Waals surface area contributed by atoms with E-state index in [2.05, 4.69) is 16.1 Å². The lowest BCUT2D eigenvalue weighted by atomic mass is 9.96. The Morgan fingerprint density at radius 1 is 1.06 bits per heavy atom. The van der Waals surface area contributed by atoms with E-state index in [1.54, 1.807) is 25.3 Å². The van der Waals surface area contributed by atoms with Gasteiger partial charge in [-0.3, -0.25) is 9.58 Å². The standard InChI is InChI=1S/C28H36FN3O4/c1-22-18-30-32(19-22)14-6-16-35-26-10-9-23(17-27(26)34-2)20-31-13-5-11-28(33,12-15-31)21-36-25-8-4-3-7-24(25)29/h3-4,7-10,17-19,33H,5-6,11-16,20-21H2,1-2H3/t28-/m0/s1. The van der Waals surface area contributed by atoms with Crippen molar-refractivity contribution in [2.75, 3.05) is 33.4 Å². The van der Waals surface area contributed by atoms with E-state index in [4.69, 9.17) is 14.2 Å². The van der Waals surface area contributed by atoms with Gasteiger partial charge < -0.3 is 19.3 Å². The number of halogens is 1.